The van der Waals surface area contributed by atoms with Crippen molar-refractivity contribution in [3.8, 4) is 11.5 Å². The predicted octanol–water partition coefficient (Wildman–Crippen LogP) is 4.49. The molecule has 3 aromatic rings. The van der Waals surface area contributed by atoms with E-state index in [0.717, 1.165) is 6.42 Å². The first-order chi connectivity index (χ1) is 15.9. The van der Waals surface area contributed by atoms with Gasteiger partial charge in [-0.15, -0.1) is 10.2 Å². The van der Waals surface area contributed by atoms with Gasteiger partial charge < -0.3 is 9.73 Å². The van der Waals surface area contributed by atoms with Crippen LogP contribution in [0.1, 0.15) is 43.4 Å². The summed E-state index contributed by atoms with van der Waals surface area (Å²) in [4.78, 5) is 20.2. The molecule has 7 nitrogen and oxygen atoms in total. The lowest BCUT2D eigenvalue weighted by Crippen LogP contribution is -2.37. The number of amides is 1. The maximum atomic E-state index is 14.1. The Kier molecular flexibility index (Phi) is 6.91. The number of hydrogen-bond acceptors (Lipinski definition) is 6. The van der Waals surface area contributed by atoms with Crippen molar-refractivity contribution < 1.29 is 13.6 Å². The molecule has 3 unspecified atom stereocenters. The van der Waals surface area contributed by atoms with Crippen molar-refractivity contribution in [1.82, 2.24) is 25.5 Å². The number of benzene rings is 1. The monoisotopic (exact) mass is 449 g/mol. The van der Waals surface area contributed by atoms with Gasteiger partial charge in [0, 0.05) is 25.4 Å². The number of aromatic nitrogens is 4. The minimum Gasteiger partial charge on any atom is -0.421 e. The average molecular weight is 450 g/mol. The molecule has 4 rings (SSSR count). The summed E-state index contributed by atoms with van der Waals surface area (Å²) in [5, 5.41) is 11.2. The molecule has 8 heteroatoms. The molecule has 2 aromatic heterocycles. The molecule has 0 bridgehead atoms. The Bertz CT molecular complexity index is 1130. The Morgan fingerprint density at radius 2 is 1.97 bits per heavy atom. The third-order valence-corrected chi connectivity index (χ3v) is 6.40. The van der Waals surface area contributed by atoms with Crippen molar-refractivity contribution >= 4 is 5.91 Å². The van der Waals surface area contributed by atoms with E-state index < -0.39 is 0 Å². The van der Waals surface area contributed by atoms with Crippen LogP contribution in [0.15, 0.2) is 59.1 Å². The zero-order valence-electron chi connectivity index (χ0n) is 19.0. The van der Waals surface area contributed by atoms with Gasteiger partial charge in [0.15, 0.2) is 0 Å². The van der Waals surface area contributed by atoms with Gasteiger partial charge in [-0.3, -0.25) is 4.79 Å². The van der Waals surface area contributed by atoms with E-state index in [1.54, 1.807) is 18.2 Å². The standard InChI is InChI=1S/C25H28FN5O2/c1-15(2)21-9-17(10-23-30-31-25(33-23)20-6-4-5-7-22(20)26)16(3)8-18(21)13-29-24(32)19-11-27-14-28-12-19/h4-8,11-12,14-15,17-18,21H,9-10,13H2,1-3H3,(H,29,32). The van der Waals surface area contributed by atoms with E-state index >= 15 is 0 Å². The molecule has 1 N–H and O–H groups in total. The molecule has 0 fully saturated rings. The normalized spacial score (nSPS) is 20.5. The molecule has 1 aliphatic carbocycles. The summed E-state index contributed by atoms with van der Waals surface area (Å²) in [5.41, 5.74) is 2.00. The molecule has 1 amide bonds. The van der Waals surface area contributed by atoms with E-state index in [2.05, 4.69) is 52.3 Å². The molecule has 0 saturated carbocycles. The van der Waals surface area contributed by atoms with Crippen LogP contribution in [-0.4, -0.2) is 32.6 Å². The van der Waals surface area contributed by atoms with Crippen molar-refractivity contribution in [2.75, 3.05) is 6.54 Å². The van der Waals surface area contributed by atoms with E-state index in [0.29, 0.717) is 41.8 Å². The lowest BCUT2D eigenvalue weighted by molar-refractivity contribution is 0.0938. The van der Waals surface area contributed by atoms with Gasteiger partial charge in [0.1, 0.15) is 12.1 Å². The molecule has 3 atom stereocenters. The zero-order valence-corrected chi connectivity index (χ0v) is 19.0. The molecule has 0 aliphatic heterocycles. The number of allylic oxidation sites excluding steroid dienone is 1. The van der Waals surface area contributed by atoms with Gasteiger partial charge in [-0.1, -0.05) is 37.6 Å². The van der Waals surface area contributed by atoms with Crippen molar-refractivity contribution in [2.24, 2.45) is 23.7 Å². The molecule has 2 heterocycles. The van der Waals surface area contributed by atoms with E-state index in [4.69, 9.17) is 4.42 Å². The lowest BCUT2D eigenvalue weighted by Gasteiger charge is -2.37. The van der Waals surface area contributed by atoms with Crippen LogP contribution in [0.2, 0.25) is 0 Å². The summed E-state index contributed by atoms with van der Waals surface area (Å²) in [7, 11) is 0. The third-order valence-electron chi connectivity index (χ3n) is 6.40. The van der Waals surface area contributed by atoms with Gasteiger partial charge in [0.05, 0.1) is 11.1 Å². The average Bonchev–Trinajstić information content (AvgIpc) is 3.28. The highest BCUT2D eigenvalue weighted by Crippen LogP contribution is 2.39. The molecule has 0 saturated heterocycles. The Balaban J connectivity index is 1.44. The Labute approximate surface area is 192 Å². The van der Waals surface area contributed by atoms with Gasteiger partial charge in [-0.25, -0.2) is 14.4 Å². The second-order valence-electron chi connectivity index (χ2n) is 8.94. The SMILES string of the molecule is CC1=CC(CNC(=O)c2cncnc2)C(C(C)C)CC1Cc1nnc(-c2ccccc2F)o1. The molecule has 1 aliphatic rings. The number of carbonyl (C=O) groups is 1. The van der Waals surface area contributed by atoms with Crippen LogP contribution in [-0.2, 0) is 6.42 Å². The summed E-state index contributed by atoms with van der Waals surface area (Å²) >= 11 is 0. The van der Waals surface area contributed by atoms with Crippen LogP contribution < -0.4 is 5.32 Å². The molecule has 172 valence electrons. The van der Waals surface area contributed by atoms with Crippen molar-refractivity contribution in [1.29, 1.82) is 0 Å². The number of nitrogens with one attached hydrogen (secondary N) is 1. The Morgan fingerprint density at radius 3 is 2.70 bits per heavy atom. The maximum Gasteiger partial charge on any atom is 0.254 e. The largest absolute Gasteiger partial charge is 0.421 e. The predicted molar refractivity (Wildman–Crippen MR) is 121 cm³/mol. The highest BCUT2D eigenvalue weighted by molar-refractivity contribution is 5.93. The first-order valence-corrected chi connectivity index (χ1v) is 11.2. The number of carbonyl (C=O) groups excluding carboxylic acids is 1. The van der Waals surface area contributed by atoms with Crippen molar-refractivity contribution in [3.05, 3.63) is 71.9 Å². The van der Waals surface area contributed by atoms with E-state index in [1.807, 2.05) is 0 Å². The molecule has 33 heavy (non-hydrogen) atoms. The van der Waals surface area contributed by atoms with Crippen molar-refractivity contribution in [3.63, 3.8) is 0 Å². The summed E-state index contributed by atoms with van der Waals surface area (Å²) in [6.07, 6.45) is 8.25. The molecule has 0 radical (unpaired) electrons. The van der Waals surface area contributed by atoms with Crippen LogP contribution in [0.5, 0.6) is 0 Å². The summed E-state index contributed by atoms with van der Waals surface area (Å²) < 4.78 is 19.8. The summed E-state index contributed by atoms with van der Waals surface area (Å²) in [6.45, 7) is 7.08. The summed E-state index contributed by atoms with van der Waals surface area (Å²) in [6, 6.07) is 6.38. The fraction of sp³-hybridized carbons (Fsp3) is 0.400. The van der Waals surface area contributed by atoms with Gasteiger partial charge in [0.2, 0.25) is 5.89 Å². The van der Waals surface area contributed by atoms with Gasteiger partial charge in [-0.05, 0) is 49.1 Å². The van der Waals surface area contributed by atoms with Crippen LogP contribution >= 0.6 is 0 Å². The topological polar surface area (TPSA) is 93.8 Å². The van der Waals surface area contributed by atoms with E-state index in [9.17, 15) is 9.18 Å². The minimum absolute atomic E-state index is 0.169. The number of halogens is 1. The quantitative estimate of drug-likeness (QED) is 0.534. The van der Waals surface area contributed by atoms with Crippen molar-refractivity contribution in [2.45, 2.75) is 33.6 Å². The Morgan fingerprint density at radius 1 is 1.21 bits per heavy atom. The lowest BCUT2D eigenvalue weighted by atomic mass is 9.70. The van der Waals surface area contributed by atoms with E-state index in [1.165, 1.54) is 30.4 Å². The van der Waals surface area contributed by atoms with Crippen LogP contribution in [0, 0.1) is 29.5 Å². The van der Waals surface area contributed by atoms with E-state index in [-0.39, 0.29) is 29.5 Å². The second kappa shape index (κ2) is 10.0. The van der Waals surface area contributed by atoms with Gasteiger partial charge in [0.25, 0.3) is 11.8 Å². The smallest absolute Gasteiger partial charge is 0.254 e. The molecule has 0 spiro atoms. The number of hydrogen-bond donors (Lipinski definition) is 1. The fourth-order valence-corrected chi connectivity index (χ4v) is 4.53. The number of rotatable bonds is 7. The van der Waals surface area contributed by atoms with Gasteiger partial charge in [-0.2, -0.15) is 0 Å². The van der Waals surface area contributed by atoms with Crippen LogP contribution in [0.3, 0.4) is 0 Å². The Hall–Kier alpha value is -3.42. The molecule has 1 aromatic carbocycles. The highest BCUT2D eigenvalue weighted by Gasteiger charge is 2.32. The zero-order chi connectivity index (χ0) is 23.4. The van der Waals surface area contributed by atoms with Gasteiger partial charge >= 0.3 is 0 Å². The van der Waals surface area contributed by atoms with Crippen LogP contribution in [0.4, 0.5) is 4.39 Å². The maximum absolute atomic E-state index is 14.1. The second-order valence-corrected chi connectivity index (χ2v) is 8.94. The molecular formula is C25H28FN5O2. The third kappa shape index (κ3) is 5.32. The minimum atomic E-state index is -0.381. The van der Waals surface area contributed by atoms with Crippen LogP contribution in [0.25, 0.3) is 11.5 Å². The number of nitrogens with zero attached hydrogens (tertiary/aromatic N) is 4. The first kappa shape index (κ1) is 22.8. The highest BCUT2D eigenvalue weighted by atomic mass is 19.1. The summed E-state index contributed by atoms with van der Waals surface area (Å²) in [5.74, 6) is 1.46. The fourth-order valence-electron chi connectivity index (χ4n) is 4.53. The first-order valence-electron chi connectivity index (χ1n) is 11.2. The molecular weight excluding hydrogens is 421 g/mol.